The van der Waals surface area contributed by atoms with Gasteiger partial charge in [-0.15, -0.1) is 0 Å². The molecule has 1 amide bonds. The number of carbonyl (C=O) groups excluding carboxylic acids is 1. The van der Waals surface area contributed by atoms with Crippen LogP contribution in [0.1, 0.15) is 49.8 Å². The van der Waals surface area contributed by atoms with Crippen LogP contribution in [0.3, 0.4) is 0 Å². The average molecular weight is 406 g/mol. The number of carbonyl (C=O) groups is 1. The summed E-state index contributed by atoms with van der Waals surface area (Å²) in [5, 5.41) is 10.00. The number of fused-ring (bicyclic) bond motifs is 1. The van der Waals surface area contributed by atoms with Crippen LogP contribution in [0.25, 0.3) is 16.6 Å². The minimum Gasteiger partial charge on any atom is -0.341 e. The van der Waals surface area contributed by atoms with E-state index < -0.39 is 0 Å². The average Bonchev–Trinajstić information content (AvgIpc) is 3.49. The number of hydrogen-bond acceptors (Lipinski definition) is 4. The summed E-state index contributed by atoms with van der Waals surface area (Å²) in [6.07, 6.45) is 5.91. The molecule has 3 heterocycles. The summed E-state index contributed by atoms with van der Waals surface area (Å²) in [6.45, 7) is 5.73. The zero-order valence-corrected chi connectivity index (χ0v) is 17.5. The number of rotatable bonds is 4. The third-order valence-electron chi connectivity index (χ3n) is 6.44. The summed E-state index contributed by atoms with van der Waals surface area (Å²) >= 11 is 0. The van der Waals surface area contributed by atoms with E-state index in [-0.39, 0.29) is 18.0 Å². The first-order valence-electron chi connectivity index (χ1n) is 10.9. The van der Waals surface area contributed by atoms with Gasteiger partial charge in [0.05, 0.1) is 17.6 Å². The number of nitrogens with zero attached hydrogens (tertiary/aromatic N) is 5. The first-order valence-corrected chi connectivity index (χ1v) is 10.9. The van der Waals surface area contributed by atoms with Crippen LogP contribution in [0.2, 0.25) is 0 Å². The van der Waals surface area contributed by atoms with Gasteiger partial charge in [-0.2, -0.15) is 10.2 Å². The smallest absolute Gasteiger partial charge is 0.293 e. The predicted octanol–water partition coefficient (Wildman–Crippen LogP) is 3.03. The van der Waals surface area contributed by atoms with Crippen molar-refractivity contribution in [2.45, 2.75) is 52.0 Å². The highest BCUT2D eigenvalue weighted by Gasteiger charge is 2.31. The molecule has 1 saturated heterocycles. The molecule has 7 nitrogen and oxygen atoms in total. The molecule has 7 heteroatoms. The van der Waals surface area contributed by atoms with Crippen molar-refractivity contribution in [1.29, 1.82) is 0 Å². The van der Waals surface area contributed by atoms with Gasteiger partial charge >= 0.3 is 0 Å². The second-order valence-electron chi connectivity index (χ2n) is 8.79. The van der Waals surface area contributed by atoms with Gasteiger partial charge in [-0.1, -0.05) is 25.1 Å². The molecule has 1 saturated carbocycles. The monoisotopic (exact) mass is 405 g/mol. The summed E-state index contributed by atoms with van der Waals surface area (Å²) in [4.78, 5) is 28.2. The second-order valence-corrected chi connectivity index (χ2v) is 8.79. The maximum Gasteiger partial charge on any atom is 0.293 e. The quantitative estimate of drug-likeness (QED) is 0.669. The molecule has 3 aromatic rings. The van der Waals surface area contributed by atoms with Crippen molar-refractivity contribution in [3.8, 4) is 5.69 Å². The molecule has 0 spiro atoms. The Morgan fingerprint density at radius 1 is 1.13 bits per heavy atom. The number of amides is 1. The maximum absolute atomic E-state index is 13.4. The lowest BCUT2D eigenvalue weighted by Gasteiger charge is -2.30. The molecule has 1 aromatic carbocycles. The summed E-state index contributed by atoms with van der Waals surface area (Å²) in [6, 6.07) is 7.88. The molecule has 2 fully saturated rings. The van der Waals surface area contributed by atoms with Crippen LogP contribution < -0.4 is 5.56 Å². The number of benzene rings is 1. The van der Waals surface area contributed by atoms with Crippen molar-refractivity contribution in [2.75, 3.05) is 13.1 Å². The molecule has 0 unspecified atom stereocenters. The van der Waals surface area contributed by atoms with Gasteiger partial charge in [0.25, 0.3) is 5.56 Å². The second kappa shape index (κ2) is 7.38. The lowest BCUT2D eigenvalue weighted by atomic mass is 9.99. The van der Waals surface area contributed by atoms with Crippen LogP contribution in [0.4, 0.5) is 0 Å². The Bertz CT molecular complexity index is 1170. The van der Waals surface area contributed by atoms with Gasteiger partial charge in [0.2, 0.25) is 5.91 Å². The summed E-state index contributed by atoms with van der Waals surface area (Å²) in [5.74, 6) is 0.968. The van der Waals surface area contributed by atoms with Gasteiger partial charge in [0.1, 0.15) is 12.1 Å². The van der Waals surface area contributed by atoms with Gasteiger partial charge < -0.3 is 4.90 Å². The molecule has 5 rings (SSSR count). The summed E-state index contributed by atoms with van der Waals surface area (Å²) < 4.78 is 3.08. The van der Waals surface area contributed by atoms with E-state index in [0.717, 1.165) is 61.1 Å². The highest BCUT2D eigenvalue weighted by Crippen LogP contribution is 2.41. The normalized spacial score (nSPS) is 17.6. The van der Waals surface area contributed by atoms with Crippen LogP contribution in [0.5, 0.6) is 0 Å². The van der Waals surface area contributed by atoms with Crippen molar-refractivity contribution in [1.82, 2.24) is 24.5 Å². The Balaban J connectivity index is 1.58. The number of likely N-dealkylation sites (tertiary alicyclic amines) is 1. The Labute approximate surface area is 175 Å². The lowest BCUT2D eigenvalue weighted by molar-refractivity contribution is -0.133. The summed E-state index contributed by atoms with van der Waals surface area (Å²) in [5.41, 5.74) is 3.07. The Morgan fingerprint density at radius 3 is 2.57 bits per heavy atom. The fourth-order valence-electron chi connectivity index (χ4n) is 4.33. The van der Waals surface area contributed by atoms with E-state index >= 15 is 0 Å². The van der Waals surface area contributed by atoms with Crippen molar-refractivity contribution >= 4 is 16.8 Å². The van der Waals surface area contributed by atoms with Gasteiger partial charge in [-0.25, -0.2) is 9.36 Å². The number of hydrogen-bond donors (Lipinski definition) is 0. The van der Waals surface area contributed by atoms with Gasteiger partial charge in [0.15, 0.2) is 0 Å². The first kappa shape index (κ1) is 19.0. The Hall–Kier alpha value is -2.96. The molecule has 0 atom stereocenters. The number of piperidine rings is 1. The van der Waals surface area contributed by atoms with E-state index in [9.17, 15) is 9.59 Å². The molecular formula is C23H27N5O2. The maximum atomic E-state index is 13.4. The van der Waals surface area contributed by atoms with Crippen LogP contribution in [0.15, 0.2) is 35.3 Å². The van der Waals surface area contributed by atoms with E-state index in [1.165, 1.54) is 4.68 Å². The highest BCUT2D eigenvalue weighted by molar-refractivity contribution is 5.83. The topological polar surface area (TPSA) is 73.0 Å². The van der Waals surface area contributed by atoms with Crippen LogP contribution >= 0.6 is 0 Å². The predicted molar refractivity (Wildman–Crippen MR) is 115 cm³/mol. The van der Waals surface area contributed by atoms with Crippen molar-refractivity contribution in [3.05, 3.63) is 52.1 Å². The molecular weight excluding hydrogens is 378 g/mol. The minimum absolute atomic E-state index is 0.0121. The lowest BCUT2D eigenvalue weighted by Crippen LogP contribution is -2.42. The number of aryl methyl sites for hydroxylation is 1. The van der Waals surface area contributed by atoms with E-state index in [0.29, 0.717) is 17.4 Å². The third-order valence-corrected chi connectivity index (χ3v) is 6.44. The van der Waals surface area contributed by atoms with Crippen molar-refractivity contribution in [2.24, 2.45) is 5.92 Å². The number of para-hydroxylation sites is 1. The molecule has 1 aliphatic heterocycles. The van der Waals surface area contributed by atoms with Gasteiger partial charge in [0, 0.05) is 24.4 Å². The molecule has 2 aliphatic rings. The van der Waals surface area contributed by atoms with E-state index in [4.69, 9.17) is 0 Å². The minimum atomic E-state index is -0.256. The van der Waals surface area contributed by atoms with Gasteiger partial charge in [-0.3, -0.25) is 9.59 Å². The largest absolute Gasteiger partial charge is 0.341 e. The first-order chi connectivity index (χ1) is 14.5. The van der Waals surface area contributed by atoms with E-state index in [1.807, 2.05) is 36.1 Å². The van der Waals surface area contributed by atoms with E-state index in [2.05, 4.69) is 17.1 Å². The van der Waals surface area contributed by atoms with Crippen molar-refractivity contribution < 1.29 is 4.79 Å². The standard InChI is InChI=1S/C23H27N5O2/c1-15-9-11-26(12-10-15)20(29)14-27-23(30)22-18(21(25-27)17-7-8-17)13-24-28(22)19-6-4-3-5-16(19)2/h3-6,13,15,17H,7-12,14H2,1-2H3. The molecule has 2 aromatic heterocycles. The zero-order valence-electron chi connectivity index (χ0n) is 17.5. The number of aromatic nitrogens is 4. The van der Waals surface area contributed by atoms with Crippen LogP contribution in [-0.2, 0) is 11.3 Å². The highest BCUT2D eigenvalue weighted by atomic mass is 16.2. The third kappa shape index (κ3) is 3.32. The van der Waals surface area contributed by atoms with Crippen LogP contribution in [0, 0.1) is 12.8 Å². The molecule has 1 aliphatic carbocycles. The summed E-state index contributed by atoms with van der Waals surface area (Å²) in [7, 11) is 0. The Kier molecular flexibility index (Phi) is 4.68. The fraction of sp³-hybridized carbons (Fsp3) is 0.478. The molecule has 0 N–H and O–H groups in total. The van der Waals surface area contributed by atoms with Crippen LogP contribution in [-0.4, -0.2) is 43.5 Å². The zero-order chi connectivity index (χ0) is 20.8. The molecule has 156 valence electrons. The SMILES string of the molecule is Cc1ccccc1-n1ncc2c(C3CC3)nn(CC(=O)N3CCC(C)CC3)c(=O)c21. The van der Waals surface area contributed by atoms with Gasteiger partial charge in [-0.05, 0) is 50.2 Å². The molecule has 0 radical (unpaired) electrons. The fourth-order valence-corrected chi connectivity index (χ4v) is 4.33. The Morgan fingerprint density at radius 2 is 1.87 bits per heavy atom. The van der Waals surface area contributed by atoms with E-state index in [1.54, 1.807) is 10.9 Å². The molecule has 0 bridgehead atoms. The molecule has 30 heavy (non-hydrogen) atoms. The van der Waals surface area contributed by atoms with Crippen molar-refractivity contribution in [3.63, 3.8) is 0 Å².